The van der Waals surface area contributed by atoms with Crippen molar-refractivity contribution in [2.75, 3.05) is 31.1 Å². The molecule has 5 aliphatic heterocycles. The van der Waals surface area contributed by atoms with Crippen LogP contribution in [0, 0.1) is 11.2 Å². The minimum atomic E-state index is -2.63. The van der Waals surface area contributed by atoms with Gasteiger partial charge in [0.2, 0.25) is 5.88 Å². The van der Waals surface area contributed by atoms with Crippen LogP contribution in [-0.2, 0) is 0 Å². The second kappa shape index (κ2) is 9.60. The van der Waals surface area contributed by atoms with Gasteiger partial charge in [-0.25, -0.2) is 18.2 Å². The summed E-state index contributed by atoms with van der Waals surface area (Å²) in [5.74, 6) is -2.43. The zero-order chi connectivity index (χ0) is 31.9. The molecule has 5 fully saturated rings. The number of aromatic nitrogens is 3. The predicted octanol–water partition coefficient (Wildman–Crippen LogP) is 6.37. The van der Waals surface area contributed by atoms with Gasteiger partial charge >= 0.3 is 6.01 Å². The van der Waals surface area contributed by atoms with E-state index in [1.165, 1.54) is 0 Å². The van der Waals surface area contributed by atoms with Crippen LogP contribution in [0.15, 0.2) is 36.4 Å². The van der Waals surface area contributed by atoms with Crippen molar-refractivity contribution in [1.82, 2.24) is 25.2 Å². The number of hydrogen-bond acceptors (Lipinski definition) is 8. The lowest BCUT2D eigenvalue weighted by atomic mass is 9.89. The summed E-state index contributed by atoms with van der Waals surface area (Å²) in [5, 5.41) is 6.18. The summed E-state index contributed by atoms with van der Waals surface area (Å²) in [5.41, 5.74) is -0.791. The molecular formula is C35H34ClF3N6O2. The maximum atomic E-state index is 17.1. The molecule has 10 rings (SSSR count). The fourth-order valence-corrected chi connectivity index (χ4v) is 9.96. The smallest absolute Gasteiger partial charge is 0.319 e. The van der Waals surface area contributed by atoms with Gasteiger partial charge in [0.15, 0.2) is 5.82 Å². The lowest BCUT2D eigenvalue weighted by Gasteiger charge is -2.42. The molecule has 4 saturated heterocycles. The van der Waals surface area contributed by atoms with E-state index in [2.05, 4.69) is 15.1 Å². The van der Waals surface area contributed by atoms with Gasteiger partial charge in [-0.2, -0.15) is 9.97 Å². The number of benzene rings is 2. The van der Waals surface area contributed by atoms with Crippen LogP contribution in [-0.4, -0.2) is 81.8 Å². The highest BCUT2D eigenvalue weighted by Gasteiger charge is 2.77. The minimum Gasteiger partial charge on any atom is -0.472 e. The van der Waals surface area contributed by atoms with Gasteiger partial charge in [-0.1, -0.05) is 41.9 Å². The highest BCUT2D eigenvalue weighted by atomic mass is 35.5. The van der Waals surface area contributed by atoms with Crippen LogP contribution in [0.1, 0.15) is 45.4 Å². The SMILES string of the molecule is C[C@@H]1Oc2nc(-c3cccc4cccc(Cl)c34)c(F)c3nc(OC[C@@]45CCCN4CC4(CC4(F)F)C5)nc(c23)N2C[C@H]3CC[C@H](N3)[C@@H]12. The third kappa shape index (κ3) is 3.99. The fraction of sp³-hybridized carbons (Fsp3) is 0.514. The van der Waals surface area contributed by atoms with Crippen LogP contribution in [0.4, 0.5) is 19.0 Å². The number of alkyl halides is 2. The first-order valence-corrected chi connectivity index (χ1v) is 17.1. The lowest BCUT2D eigenvalue weighted by Crippen LogP contribution is -2.62. The summed E-state index contributed by atoms with van der Waals surface area (Å²) in [4.78, 5) is 18.9. The second-order valence-corrected chi connectivity index (χ2v) is 15.1. The zero-order valence-corrected chi connectivity index (χ0v) is 26.7. The molecule has 12 heteroatoms. The quantitative estimate of drug-likeness (QED) is 0.270. The van der Waals surface area contributed by atoms with Gasteiger partial charge in [0, 0.05) is 47.6 Å². The number of fused-ring (bicyclic) bond motifs is 7. The third-order valence-corrected chi connectivity index (χ3v) is 12.2. The largest absolute Gasteiger partial charge is 0.472 e. The molecule has 244 valence electrons. The number of pyridine rings is 1. The standard InChI is InChI=1S/C35H34ClF3N6O2/c1-18-29-23-10-9-20(40-23)13-45(29)30-25-28(26(37)27(41-31(25)47-18)21-7-2-5-19-6-3-8-22(36)24(19)21)42-32(43-30)46-17-34-11-4-12-44(34)16-33(14-34)15-35(33,38)39/h2-3,5-8,18,20,23,29,40H,4,9-17H2,1H3/t18-,20+,23-,29+,33?,34-/m0/s1. The first-order valence-electron chi connectivity index (χ1n) is 16.7. The molecule has 4 aromatic rings. The first-order chi connectivity index (χ1) is 22.7. The predicted molar refractivity (Wildman–Crippen MR) is 172 cm³/mol. The van der Waals surface area contributed by atoms with E-state index in [1.54, 1.807) is 12.1 Å². The Balaban J connectivity index is 1.13. The molecule has 1 spiro atoms. The Kier molecular flexibility index (Phi) is 5.84. The first kappa shape index (κ1) is 28.6. The number of rotatable bonds is 4. The van der Waals surface area contributed by atoms with E-state index in [9.17, 15) is 8.78 Å². The second-order valence-electron chi connectivity index (χ2n) is 14.7. The Morgan fingerprint density at radius 1 is 1.09 bits per heavy atom. The summed E-state index contributed by atoms with van der Waals surface area (Å²) >= 11 is 6.68. The normalized spacial score (nSPS) is 33.3. The maximum Gasteiger partial charge on any atom is 0.319 e. The topological polar surface area (TPSA) is 75.6 Å². The molecule has 47 heavy (non-hydrogen) atoms. The van der Waals surface area contributed by atoms with Crippen LogP contribution in [0.5, 0.6) is 11.9 Å². The van der Waals surface area contributed by atoms with Crippen molar-refractivity contribution in [3.05, 3.63) is 47.2 Å². The van der Waals surface area contributed by atoms with Crippen molar-refractivity contribution in [3.63, 3.8) is 0 Å². The Bertz CT molecular complexity index is 1990. The van der Waals surface area contributed by atoms with Crippen molar-refractivity contribution in [2.45, 2.75) is 81.1 Å². The van der Waals surface area contributed by atoms with E-state index in [-0.39, 0.29) is 60.4 Å². The highest BCUT2D eigenvalue weighted by molar-refractivity contribution is 6.36. The summed E-state index contributed by atoms with van der Waals surface area (Å²) in [6.45, 7) is 4.03. The molecular weight excluding hydrogens is 629 g/mol. The number of halogens is 4. The highest BCUT2D eigenvalue weighted by Crippen LogP contribution is 2.69. The summed E-state index contributed by atoms with van der Waals surface area (Å²) in [6.07, 6.45) is 3.77. The van der Waals surface area contributed by atoms with E-state index in [0.717, 1.165) is 37.6 Å². The third-order valence-electron chi connectivity index (χ3n) is 11.9. The number of nitrogens with zero attached hydrogens (tertiary/aromatic N) is 5. The van der Waals surface area contributed by atoms with E-state index in [4.69, 9.17) is 36.0 Å². The van der Waals surface area contributed by atoms with Crippen LogP contribution in [0.3, 0.4) is 0 Å². The Hall–Kier alpha value is -3.41. The maximum absolute atomic E-state index is 17.1. The van der Waals surface area contributed by atoms with Crippen LogP contribution in [0.2, 0.25) is 5.02 Å². The number of piperazine rings is 1. The van der Waals surface area contributed by atoms with Crippen LogP contribution in [0.25, 0.3) is 32.9 Å². The summed E-state index contributed by atoms with van der Waals surface area (Å²) in [7, 11) is 0. The van der Waals surface area contributed by atoms with Crippen LogP contribution >= 0.6 is 11.6 Å². The van der Waals surface area contributed by atoms with Crippen molar-refractivity contribution in [2.24, 2.45) is 5.41 Å². The van der Waals surface area contributed by atoms with Crippen LogP contribution < -0.4 is 19.7 Å². The average molecular weight is 663 g/mol. The molecule has 1 saturated carbocycles. The molecule has 6 aliphatic rings. The molecule has 1 unspecified atom stereocenters. The van der Waals surface area contributed by atoms with Crippen molar-refractivity contribution < 1.29 is 22.6 Å². The fourth-order valence-electron chi connectivity index (χ4n) is 9.68. The Morgan fingerprint density at radius 2 is 1.91 bits per heavy atom. The Morgan fingerprint density at radius 3 is 2.74 bits per heavy atom. The van der Waals surface area contributed by atoms with E-state index >= 15 is 4.39 Å². The van der Waals surface area contributed by atoms with Gasteiger partial charge in [0.25, 0.3) is 5.92 Å². The molecule has 2 aromatic carbocycles. The lowest BCUT2D eigenvalue weighted by molar-refractivity contribution is 0.0647. The van der Waals surface area contributed by atoms with Gasteiger partial charge in [-0.3, -0.25) is 4.90 Å². The minimum absolute atomic E-state index is 0.0365. The summed E-state index contributed by atoms with van der Waals surface area (Å²) in [6, 6.07) is 11.6. The molecule has 1 aliphatic carbocycles. The monoisotopic (exact) mass is 662 g/mol. The molecule has 1 N–H and O–H groups in total. The van der Waals surface area contributed by atoms with E-state index < -0.39 is 22.7 Å². The molecule has 6 atom stereocenters. The van der Waals surface area contributed by atoms with Gasteiger partial charge < -0.3 is 19.7 Å². The number of anilines is 1. The van der Waals surface area contributed by atoms with E-state index in [1.807, 2.05) is 31.2 Å². The van der Waals surface area contributed by atoms with E-state index in [0.29, 0.717) is 46.7 Å². The molecule has 8 nitrogen and oxygen atoms in total. The number of nitrogens with one attached hydrogen (secondary N) is 1. The average Bonchev–Trinajstić information content (AvgIpc) is 3.36. The molecule has 2 aromatic heterocycles. The van der Waals surface area contributed by atoms with Gasteiger partial charge in [-0.15, -0.1) is 0 Å². The number of hydrogen-bond donors (Lipinski definition) is 1. The van der Waals surface area contributed by atoms with Crippen molar-refractivity contribution in [3.8, 4) is 23.1 Å². The molecule has 2 bridgehead atoms. The van der Waals surface area contributed by atoms with Gasteiger partial charge in [-0.05, 0) is 57.0 Å². The summed E-state index contributed by atoms with van der Waals surface area (Å²) < 4.78 is 59.1. The van der Waals surface area contributed by atoms with Gasteiger partial charge in [0.1, 0.15) is 35.1 Å². The molecule has 0 amide bonds. The molecule has 0 radical (unpaired) electrons. The molecule has 7 heterocycles. The van der Waals surface area contributed by atoms with Gasteiger partial charge in [0.05, 0.1) is 17.0 Å². The number of ether oxygens (including phenoxy) is 2. The van der Waals surface area contributed by atoms with Crippen molar-refractivity contribution >= 4 is 39.1 Å². The Labute approximate surface area is 274 Å². The zero-order valence-electron chi connectivity index (χ0n) is 25.9. The van der Waals surface area contributed by atoms with Crippen molar-refractivity contribution in [1.29, 1.82) is 0 Å².